The Balaban J connectivity index is 1.67. The molecule has 0 aliphatic rings. The van der Waals surface area contributed by atoms with Crippen molar-refractivity contribution < 1.29 is 0 Å². The lowest BCUT2D eigenvalue weighted by Gasteiger charge is -2.08. The zero-order valence-corrected chi connectivity index (χ0v) is 11.9. The van der Waals surface area contributed by atoms with Crippen LogP contribution in [-0.4, -0.2) is 29.9 Å². The fourth-order valence-electron chi connectivity index (χ4n) is 2.18. The number of anilines is 3. The van der Waals surface area contributed by atoms with Crippen molar-refractivity contribution in [2.24, 2.45) is 0 Å². The number of nitrogen functional groups attached to an aromatic ring is 1. The van der Waals surface area contributed by atoms with Crippen LogP contribution in [0.1, 0.15) is 0 Å². The lowest BCUT2D eigenvalue weighted by molar-refractivity contribution is 1.16. The summed E-state index contributed by atoms with van der Waals surface area (Å²) in [5, 5.41) is 3.07. The van der Waals surface area contributed by atoms with Crippen molar-refractivity contribution >= 4 is 28.6 Å². The van der Waals surface area contributed by atoms with Crippen molar-refractivity contribution in [2.45, 2.75) is 0 Å². The SMILES string of the molecule is Nc1nc(Nc2ccncc2)ncc1-c1cnc2[nH]ccc2n1. The number of pyridine rings is 1. The van der Waals surface area contributed by atoms with E-state index in [1.165, 1.54) is 0 Å². The number of rotatable bonds is 3. The molecule has 0 radical (unpaired) electrons. The molecule has 0 aromatic carbocycles. The predicted molar refractivity (Wildman–Crippen MR) is 86.8 cm³/mol. The molecule has 0 fully saturated rings. The van der Waals surface area contributed by atoms with E-state index in [0.717, 1.165) is 16.9 Å². The molecule has 8 heteroatoms. The molecule has 23 heavy (non-hydrogen) atoms. The van der Waals surface area contributed by atoms with Crippen molar-refractivity contribution in [3.63, 3.8) is 0 Å². The molecule has 0 bridgehead atoms. The van der Waals surface area contributed by atoms with Gasteiger partial charge in [0.05, 0.1) is 17.5 Å². The van der Waals surface area contributed by atoms with Crippen molar-refractivity contribution in [3.05, 3.63) is 49.2 Å². The molecular weight excluding hydrogens is 292 g/mol. The molecule has 0 aliphatic carbocycles. The molecule has 4 aromatic heterocycles. The molecule has 8 nitrogen and oxygen atoms in total. The average molecular weight is 304 g/mol. The highest BCUT2D eigenvalue weighted by atomic mass is 15.1. The van der Waals surface area contributed by atoms with Crippen LogP contribution in [0, 0.1) is 0 Å². The van der Waals surface area contributed by atoms with Gasteiger partial charge in [0, 0.05) is 30.5 Å². The largest absolute Gasteiger partial charge is 0.383 e. The van der Waals surface area contributed by atoms with Gasteiger partial charge in [-0.05, 0) is 18.2 Å². The van der Waals surface area contributed by atoms with E-state index < -0.39 is 0 Å². The third kappa shape index (κ3) is 2.53. The second-order valence-corrected chi connectivity index (χ2v) is 4.82. The number of nitrogens with zero attached hydrogens (tertiary/aromatic N) is 5. The van der Waals surface area contributed by atoms with E-state index in [1.807, 2.05) is 18.2 Å². The van der Waals surface area contributed by atoms with Crippen molar-refractivity contribution in [2.75, 3.05) is 11.1 Å². The highest BCUT2D eigenvalue weighted by Gasteiger charge is 2.10. The summed E-state index contributed by atoms with van der Waals surface area (Å²) < 4.78 is 0. The standard InChI is InChI=1S/C15H12N8/c16-13-10(12-8-19-14-11(22-12)3-6-18-14)7-20-15(23-13)21-9-1-4-17-5-2-9/h1-8H,(H,18,19)(H3,16,17,20,21,23). The van der Waals surface area contributed by atoms with Crippen LogP contribution in [0.4, 0.5) is 17.5 Å². The minimum absolute atomic E-state index is 0.334. The monoisotopic (exact) mass is 304 g/mol. The quantitative estimate of drug-likeness (QED) is 0.530. The van der Waals surface area contributed by atoms with Gasteiger partial charge < -0.3 is 16.0 Å². The maximum Gasteiger partial charge on any atom is 0.229 e. The highest BCUT2D eigenvalue weighted by molar-refractivity contribution is 5.77. The van der Waals surface area contributed by atoms with Crippen LogP contribution in [0.15, 0.2) is 49.2 Å². The number of aromatic nitrogens is 6. The predicted octanol–water partition coefficient (Wildman–Crippen LogP) is 2.14. The summed E-state index contributed by atoms with van der Waals surface area (Å²) in [5.74, 6) is 0.744. The zero-order chi connectivity index (χ0) is 15.6. The Morgan fingerprint density at radius 1 is 1.00 bits per heavy atom. The van der Waals surface area contributed by atoms with Crippen LogP contribution in [0.3, 0.4) is 0 Å². The average Bonchev–Trinajstić information content (AvgIpc) is 3.03. The first kappa shape index (κ1) is 13.1. The molecule has 4 rings (SSSR count). The Morgan fingerprint density at radius 2 is 1.87 bits per heavy atom. The second kappa shape index (κ2) is 5.34. The molecule has 0 amide bonds. The minimum atomic E-state index is 0.334. The molecule has 0 spiro atoms. The van der Waals surface area contributed by atoms with Crippen molar-refractivity contribution in [1.82, 2.24) is 29.9 Å². The van der Waals surface area contributed by atoms with Gasteiger partial charge in [-0.15, -0.1) is 0 Å². The number of H-pyrrole nitrogens is 1. The van der Waals surface area contributed by atoms with Crippen LogP contribution >= 0.6 is 0 Å². The van der Waals surface area contributed by atoms with Gasteiger partial charge in [0.25, 0.3) is 0 Å². The molecule has 0 unspecified atom stereocenters. The molecule has 4 aromatic rings. The summed E-state index contributed by atoms with van der Waals surface area (Å²) in [6.45, 7) is 0. The Labute approximate surface area is 130 Å². The molecule has 0 saturated heterocycles. The number of nitrogens with one attached hydrogen (secondary N) is 2. The topological polar surface area (TPSA) is 118 Å². The van der Waals surface area contributed by atoms with E-state index in [4.69, 9.17) is 5.73 Å². The number of hydrogen-bond acceptors (Lipinski definition) is 7. The summed E-state index contributed by atoms with van der Waals surface area (Å²) in [4.78, 5) is 24.3. The molecule has 0 saturated carbocycles. The van der Waals surface area contributed by atoms with E-state index in [0.29, 0.717) is 23.0 Å². The van der Waals surface area contributed by atoms with Crippen LogP contribution in [-0.2, 0) is 0 Å². The Bertz CT molecular complexity index is 964. The number of nitrogens with two attached hydrogens (primary N) is 1. The summed E-state index contributed by atoms with van der Waals surface area (Å²) in [6.07, 6.45) is 8.43. The molecule has 4 heterocycles. The lowest BCUT2D eigenvalue weighted by atomic mass is 10.2. The van der Waals surface area contributed by atoms with Gasteiger partial charge in [0.2, 0.25) is 5.95 Å². The van der Waals surface area contributed by atoms with Crippen LogP contribution in [0.5, 0.6) is 0 Å². The zero-order valence-electron chi connectivity index (χ0n) is 11.9. The van der Waals surface area contributed by atoms with E-state index in [2.05, 4.69) is 35.2 Å². The number of fused-ring (bicyclic) bond motifs is 1. The van der Waals surface area contributed by atoms with Gasteiger partial charge in [0.15, 0.2) is 5.65 Å². The van der Waals surface area contributed by atoms with E-state index in [-0.39, 0.29) is 0 Å². The van der Waals surface area contributed by atoms with E-state index in [1.54, 1.807) is 31.0 Å². The van der Waals surface area contributed by atoms with Gasteiger partial charge in [-0.2, -0.15) is 4.98 Å². The normalized spacial score (nSPS) is 10.8. The maximum absolute atomic E-state index is 6.05. The smallest absolute Gasteiger partial charge is 0.229 e. The summed E-state index contributed by atoms with van der Waals surface area (Å²) >= 11 is 0. The number of aromatic amines is 1. The third-order valence-electron chi connectivity index (χ3n) is 3.29. The fourth-order valence-corrected chi connectivity index (χ4v) is 2.18. The first-order valence-corrected chi connectivity index (χ1v) is 6.90. The molecule has 0 atom stereocenters. The molecule has 0 aliphatic heterocycles. The first-order valence-electron chi connectivity index (χ1n) is 6.90. The maximum atomic E-state index is 6.05. The first-order chi connectivity index (χ1) is 11.3. The number of hydrogen-bond donors (Lipinski definition) is 3. The highest BCUT2D eigenvalue weighted by Crippen LogP contribution is 2.24. The molecule has 4 N–H and O–H groups in total. The van der Waals surface area contributed by atoms with E-state index >= 15 is 0 Å². The second-order valence-electron chi connectivity index (χ2n) is 4.82. The minimum Gasteiger partial charge on any atom is -0.383 e. The van der Waals surface area contributed by atoms with Gasteiger partial charge in [-0.25, -0.2) is 15.0 Å². The summed E-state index contributed by atoms with van der Waals surface area (Å²) in [5.41, 5.74) is 9.64. The Hall–Kier alpha value is -3.55. The van der Waals surface area contributed by atoms with Gasteiger partial charge in [-0.3, -0.25) is 4.98 Å². The Kier molecular flexibility index (Phi) is 3.05. The van der Waals surface area contributed by atoms with Crippen molar-refractivity contribution in [1.29, 1.82) is 0 Å². The lowest BCUT2D eigenvalue weighted by Crippen LogP contribution is -2.03. The third-order valence-corrected chi connectivity index (χ3v) is 3.29. The van der Waals surface area contributed by atoms with Gasteiger partial charge in [0.1, 0.15) is 11.3 Å². The molecule has 112 valence electrons. The van der Waals surface area contributed by atoms with Crippen LogP contribution in [0.2, 0.25) is 0 Å². The summed E-state index contributed by atoms with van der Waals surface area (Å²) in [7, 11) is 0. The van der Waals surface area contributed by atoms with E-state index in [9.17, 15) is 0 Å². The summed E-state index contributed by atoms with van der Waals surface area (Å²) in [6, 6.07) is 5.49. The van der Waals surface area contributed by atoms with Gasteiger partial charge in [-0.1, -0.05) is 0 Å². The van der Waals surface area contributed by atoms with Crippen LogP contribution in [0.25, 0.3) is 22.4 Å². The molecular formula is C15H12N8. The van der Waals surface area contributed by atoms with Gasteiger partial charge >= 0.3 is 0 Å². The van der Waals surface area contributed by atoms with Crippen LogP contribution < -0.4 is 11.1 Å². The Morgan fingerprint density at radius 3 is 2.70 bits per heavy atom. The van der Waals surface area contributed by atoms with Crippen molar-refractivity contribution in [3.8, 4) is 11.3 Å². The fraction of sp³-hybridized carbons (Fsp3) is 0.